The van der Waals surface area contributed by atoms with Crippen LogP contribution in [0.2, 0.25) is 0 Å². The van der Waals surface area contributed by atoms with E-state index in [1.165, 1.54) is 42.3 Å². The lowest BCUT2D eigenvalue weighted by atomic mass is 10.2. The lowest BCUT2D eigenvalue weighted by Gasteiger charge is -2.22. The normalized spacial score (nSPS) is 17.2. The van der Waals surface area contributed by atoms with Crippen LogP contribution in [0.5, 0.6) is 0 Å². The zero-order valence-electron chi connectivity index (χ0n) is 9.91. The molecule has 1 aromatic rings. The van der Waals surface area contributed by atoms with E-state index in [1.54, 1.807) is 0 Å². The topological polar surface area (TPSA) is 15.3 Å². The summed E-state index contributed by atoms with van der Waals surface area (Å²) in [5.74, 6) is 2.58. The summed E-state index contributed by atoms with van der Waals surface area (Å²) in [6, 6.07) is 8.96. The highest BCUT2D eigenvalue weighted by atomic mass is 32.2. The summed E-state index contributed by atoms with van der Waals surface area (Å²) in [6.07, 6.45) is 1.31. The van der Waals surface area contributed by atoms with Crippen LogP contribution in [0.25, 0.3) is 0 Å². The number of nitrogens with zero attached hydrogens (tertiary/aromatic N) is 1. The molecular formula is C13H20N2S. The van der Waals surface area contributed by atoms with Gasteiger partial charge in [-0.2, -0.15) is 11.8 Å². The van der Waals surface area contributed by atoms with Crippen molar-refractivity contribution < 1.29 is 0 Å². The molecule has 1 aliphatic heterocycles. The van der Waals surface area contributed by atoms with Crippen LogP contribution >= 0.6 is 11.8 Å². The molecule has 0 radical (unpaired) electrons. The molecule has 0 aromatic heterocycles. The van der Waals surface area contributed by atoms with Crippen molar-refractivity contribution in [3.8, 4) is 0 Å². The molecule has 3 heteroatoms. The summed E-state index contributed by atoms with van der Waals surface area (Å²) >= 11 is 2.07. The van der Waals surface area contributed by atoms with Gasteiger partial charge < -0.3 is 10.2 Å². The van der Waals surface area contributed by atoms with Crippen molar-refractivity contribution >= 4 is 17.4 Å². The van der Waals surface area contributed by atoms with Crippen molar-refractivity contribution in [2.45, 2.75) is 13.0 Å². The third-order valence-corrected chi connectivity index (χ3v) is 3.95. The fourth-order valence-corrected chi connectivity index (χ4v) is 2.92. The Kier molecular flexibility index (Phi) is 4.55. The standard InChI is InChI=1S/C13H20N2S/c1-14-11-12-3-5-13(6-4-12)15-7-2-9-16-10-8-15/h3-6,14H,2,7-11H2,1H3. The predicted octanol–water partition coefficient (Wildman–Crippen LogP) is 2.35. The Morgan fingerprint density at radius 1 is 1.19 bits per heavy atom. The SMILES string of the molecule is CNCc1ccc(N2CCCSCC2)cc1. The smallest absolute Gasteiger partial charge is 0.0366 e. The van der Waals surface area contributed by atoms with Crippen LogP contribution in [0.3, 0.4) is 0 Å². The largest absolute Gasteiger partial charge is 0.371 e. The highest BCUT2D eigenvalue weighted by Gasteiger charge is 2.09. The Hall–Kier alpha value is -0.670. The molecule has 0 saturated carbocycles. The van der Waals surface area contributed by atoms with Gasteiger partial charge in [0.1, 0.15) is 0 Å². The molecule has 2 rings (SSSR count). The van der Waals surface area contributed by atoms with E-state index in [-0.39, 0.29) is 0 Å². The van der Waals surface area contributed by atoms with E-state index in [9.17, 15) is 0 Å². The van der Waals surface area contributed by atoms with E-state index < -0.39 is 0 Å². The van der Waals surface area contributed by atoms with E-state index in [1.807, 2.05) is 7.05 Å². The van der Waals surface area contributed by atoms with Gasteiger partial charge in [0.2, 0.25) is 0 Å². The monoisotopic (exact) mass is 236 g/mol. The average molecular weight is 236 g/mol. The lowest BCUT2D eigenvalue weighted by Crippen LogP contribution is -2.25. The molecule has 1 heterocycles. The molecule has 1 fully saturated rings. The minimum atomic E-state index is 0.954. The second-order valence-corrected chi connectivity index (χ2v) is 5.37. The minimum absolute atomic E-state index is 0.954. The maximum Gasteiger partial charge on any atom is 0.0366 e. The quantitative estimate of drug-likeness (QED) is 0.867. The summed E-state index contributed by atoms with van der Waals surface area (Å²) in [7, 11) is 1.99. The highest BCUT2D eigenvalue weighted by Crippen LogP contribution is 2.19. The molecule has 0 aliphatic carbocycles. The molecule has 1 aliphatic rings. The van der Waals surface area contributed by atoms with Gasteiger partial charge in [0.25, 0.3) is 0 Å². The molecule has 1 saturated heterocycles. The van der Waals surface area contributed by atoms with Crippen molar-refractivity contribution in [1.29, 1.82) is 0 Å². The van der Waals surface area contributed by atoms with Crippen molar-refractivity contribution in [3.63, 3.8) is 0 Å². The zero-order chi connectivity index (χ0) is 11.2. The summed E-state index contributed by atoms with van der Waals surface area (Å²) in [5, 5.41) is 3.18. The van der Waals surface area contributed by atoms with E-state index in [0.717, 1.165) is 6.54 Å². The second-order valence-electron chi connectivity index (χ2n) is 4.15. The van der Waals surface area contributed by atoms with Crippen molar-refractivity contribution in [2.75, 3.05) is 36.5 Å². The first-order valence-corrected chi connectivity index (χ1v) is 7.12. The van der Waals surface area contributed by atoms with Crippen LogP contribution in [0.1, 0.15) is 12.0 Å². The molecule has 16 heavy (non-hydrogen) atoms. The van der Waals surface area contributed by atoms with Crippen LogP contribution in [-0.4, -0.2) is 31.6 Å². The van der Waals surface area contributed by atoms with Gasteiger partial charge in [0.05, 0.1) is 0 Å². The van der Waals surface area contributed by atoms with Crippen LogP contribution in [0, 0.1) is 0 Å². The highest BCUT2D eigenvalue weighted by molar-refractivity contribution is 7.99. The van der Waals surface area contributed by atoms with Crippen molar-refractivity contribution in [2.24, 2.45) is 0 Å². The Balaban J connectivity index is 2.01. The van der Waals surface area contributed by atoms with E-state index in [0.29, 0.717) is 0 Å². The van der Waals surface area contributed by atoms with Crippen LogP contribution in [-0.2, 0) is 6.54 Å². The molecule has 1 N–H and O–H groups in total. The van der Waals surface area contributed by atoms with Crippen LogP contribution in [0.15, 0.2) is 24.3 Å². The van der Waals surface area contributed by atoms with Gasteiger partial charge in [-0.15, -0.1) is 0 Å². The fourth-order valence-electron chi connectivity index (χ4n) is 2.03. The Morgan fingerprint density at radius 2 is 2.00 bits per heavy atom. The van der Waals surface area contributed by atoms with Gasteiger partial charge in [-0.1, -0.05) is 12.1 Å². The number of benzene rings is 1. The van der Waals surface area contributed by atoms with E-state index >= 15 is 0 Å². The Labute approximate surface area is 102 Å². The lowest BCUT2D eigenvalue weighted by molar-refractivity contribution is 0.807. The Morgan fingerprint density at radius 3 is 2.75 bits per heavy atom. The first-order chi connectivity index (χ1) is 7.90. The minimum Gasteiger partial charge on any atom is -0.371 e. The first-order valence-electron chi connectivity index (χ1n) is 5.96. The number of thioether (sulfide) groups is 1. The van der Waals surface area contributed by atoms with Crippen LogP contribution in [0.4, 0.5) is 5.69 Å². The molecule has 0 bridgehead atoms. The van der Waals surface area contributed by atoms with E-state index in [2.05, 4.69) is 46.2 Å². The van der Waals surface area contributed by atoms with Crippen molar-refractivity contribution in [3.05, 3.63) is 29.8 Å². The summed E-state index contributed by atoms with van der Waals surface area (Å²) in [5.41, 5.74) is 2.73. The maximum absolute atomic E-state index is 3.18. The fraction of sp³-hybridized carbons (Fsp3) is 0.538. The summed E-state index contributed by atoms with van der Waals surface area (Å²) in [4.78, 5) is 2.50. The summed E-state index contributed by atoms with van der Waals surface area (Å²) < 4.78 is 0. The third kappa shape index (κ3) is 3.16. The molecule has 2 nitrogen and oxygen atoms in total. The average Bonchev–Trinajstić information content (AvgIpc) is 2.59. The number of anilines is 1. The molecule has 0 amide bonds. The van der Waals surface area contributed by atoms with Gasteiger partial charge in [-0.05, 0) is 36.9 Å². The van der Waals surface area contributed by atoms with E-state index in [4.69, 9.17) is 0 Å². The molecular weight excluding hydrogens is 216 g/mol. The van der Waals surface area contributed by atoms with Gasteiger partial charge in [-0.25, -0.2) is 0 Å². The molecule has 0 spiro atoms. The maximum atomic E-state index is 3.18. The predicted molar refractivity (Wildman–Crippen MR) is 73.4 cm³/mol. The number of rotatable bonds is 3. The molecule has 0 unspecified atom stereocenters. The molecule has 0 atom stereocenters. The number of nitrogens with one attached hydrogen (secondary N) is 1. The van der Waals surface area contributed by atoms with Gasteiger partial charge in [0.15, 0.2) is 0 Å². The third-order valence-electron chi connectivity index (χ3n) is 2.90. The Bertz CT molecular complexity index is 302. The van der Waals surface area contributed by atoms with Gasteiger partial charge in [-0.3, -0.25) is 0 Å². The zero-order valence-corrected chi connectivity index (χ0v) is 10.7. The van der Waals surface area contributed by atoms with Gasteiger partial charge in [0, 0.05) is 31.1 Å². The van der Waals surface area contributed by atoms with Crippen molar-refractivity contribution in [1.82, 2.24) is 5.32 Å². The first kappa shape index (κ1) is 11.8. The number of hydrogen-bond acceptors (Lipinski definition) is 3. The second kappa shape index (κ2) is 6.16. The molecule has 1 aromatic carbocycles. The van der Waals surface area contributed by atoms with Gasteiger partial charge >= 0.3 is 0 Å². The van der Waals surface area contributed by atoms with Crippen LogP contribution < -0.4 is 10.2 Å². The summed E-state index contributed by atoms with van der Waals surface area (Å²) in [6.45, 7) is 3.35. The molecule has 88 valence electrons. The number of hydrogen-bond donors (Lipinski definition) is 1.